The molecule has 7 aromatic carbocycles. The molecule has 0 amide bonds. The summed E-state index contributed by atoms with van der Waals surface area (Å²) in [6.45, 7) is 0. The van der Waals surface area contributed by atoms with Crippen LogP contribution in [0.1, 0.15) is 0 Å². The Balaban J connectivity index is 1.04. The van der Waals surface area contributed by atoms with Crippen LogP contribution in [0.25, 0.3) is 94.5 Å². The number of aromatic nitrogens is 3. The average molecular weight is 640 g/mol. The Bertz CT molecular complexity index is 2790. The van der Waals surface area contributed by atoms with E-state index in [4.69, 9.17) is 14.4 Å². The summed E-state index contributed by atoms with van der Waals surface area (Å²) in [6, 6.07) is 61.4. The second-order valence-corrected chi connectivity index (χ2v) is 12.6. The fraction of sp³-hybridized carbons (Fsp3) is 0. The predicted molar refractivity (Wildman–Crippen MR) is 205 cm³/mol. The molecule has 0 atom stereocenters. The van der Waals surface area contributed by atoms with E-state index in [1.807, 2.05) is 36.4 Å². The molecule has 10 rings (SSSR count). The molecular weight excluding hydrogens is 611 g/mol. The number of furan rings is 1. The van der Waals surface area contributed by atoms with Crippen LogP contribution in [0.5, 0.6) is 0 Å². The number of benzene rings is 7. The van der Waals surface area contributed by atoms with Crippen molar-refractivity contribution < 1.29 is 4.42 Å². The maximum Gasteiger partial charge on any atom is 0.160 e. The first-order chi connectivity index (χ1) is 24.8. The Morgan fingerprint density at radius 1 is 0.360 bits per heavy atom. The topological polar surface area (TPSA) is 43.9 Å². The molecule has 0 bridgehead atoms. The third-order valence-corrected chi connectivity index (χ3v) is 9.65. The largest absolute Gasteiger partial charge is 0.456 e. The van der Waals surface area contributed by atoms with E-state index in [1.54, 1.807) is 0 Å². The summed E-state index contributed by atoms with van der Waals surface area (Å²) in [7, 11) is 0. The average Bonchev–Trinajstić information content (AvgIpc) is 3.74. The smallest absolute Gasteiger partial charge is 0.160 e. The van der Waals surface area contributed by atoms with Gasteiger partial charge in [-0.05, 0) is 59.7 Å². The van der Waals surface area contributed by atoms with E-state index in [1.165, 1.54) is 21.8 Å². The van der Waals surface area contributed by atoms with E-state index in [0.29, 0.717) is 5.82 Å². The van der Waals surface area contributed by atoms with Gasteiger partial charge in [-0.3, -0.25) is 0 Å². The summed E-state index contributed by atoms with van der Waals surface area (Å²) in [5.74, 6) is 0.687. The van der Waals surface area contributed by atoms with Gasteiger partial charge in [-0.1, -0.05) is 127 Å². The lowest BCUT2D eigenvalue weighted by atomic mass is 10.0. The van der Waals surface area contributed by atoms with Crippen LogP contribution < -0.4 is 0 Å². The molecular formula is C46H29N3O. The lowest BCUT2D eigenvalue weighted by molar-refractivity contribution is 0.669. The van der Waals surface area contributed by atoms with E-state index in [-0.39, 0.29) is 0 Å². The second kappa shape index (κ2) is 11.4. The molecule has 0 unspecified atom stereocenters. The lowest BCUT2D eigenvalue weighted by Crippen LogP contribution is -1.97. The van der Waals surface area contributed by atoms with Crippen LogP contribution in [0.2, 0.25) is 0 Å². The first-order valence-electron chi connectivity index (χ1n) is 16.8. The molecule has 4 nitrogen and oxygen atoms in total. The van der Waals surface area contributed by atoms with Crippen molar-refractivity contribution in [3.8, 4) is 50.7 Å². The van der Waals surface area contributed by atoms with Crippen LogP contribution in [-0.2, 0) is 0 Å². The molecule has 0 saturated heterocycles. The molecule has 0 aliphatic rings. The van der Waals surface area contributed by atoms with Crippen molar-refractivity contribution in [1.29, 1.82) is 0 Å². The Kier molecular flexibility index (Phi) is 6.46. The minimum Gasteiger partial charge on any atom is -0.456 e. The van der Waals surface area contributed by atoms with Crippen molar-refractivity contribution in [3.63, 3.8) is 0 Å². The van der Waals surface area contributed by atoms with Crippen molar-refractivity contribution in [2.75, 3.05) is 0 Å². The number of para-hydroxylation sites is 3. The van der Waals surface area contributed by atoms with Gasteiger partial charge in [0.05, 0.1) is 22.4 Å². The van der Waals surface area contributed by atoms with Gasteiger partial charge in [0.15, 0.2) is 5.82 Å². The SMILES string of the molecule is c1ccc(-c2cc(-c3ccc(-n4c5ccccc5c5ccccc54)cc3)nc(-c3ccc(-c4ccc5c(c4)oc4ccccc45)cc3)n2)cc1. The molecule has 0 spiro atoms. The van der Waals surface area contributed by atoms with E-state index in [9.17, 15) is 0 Å². The maximum atomic E-state index is 6.16. The molecule has 3 heterocycles. The van der Waals surface area contributed by atoms with Crippen LogP contribution in [0.15, 0.2) is 180 Å². The van der Waals surface area contributed by atoms with E-state index < -0.39 is 0 Å². The predicted octanol–water partition coefficient (Wildman–Crippen LogP) is 12.1. The van der Waals surface area contributed by atoms with Crippen molar-refractivity contribution in [3.05, 3.63) is 176 Å². The van der Waals surface area contributed by atoms with Crippen molar-refractivity contribution in [2.45, 2.75) is 0 Å². The molecule has 4 heteroatoms. The summed E-state index contributed by atoms with van der Waals surface area (Å²) < 4.78 is 8.50. The molecule has 10 aromatic rings. The van der Waals surface area contributed by atoms with Gasteiger partial charge in [-0.2, -0.15) is 0 Å². The number of hydrogen-bond donors (Lipinski definition) is 0. The Labute approximate surface area is 288 Å². The van der Waals surface area contributed by atoms with Crippen LogP contribution in [0.4, 0.5) is 0 Å². The Morgan fingerprint density at radius 3 is 1.58 bits per heavy atom. The first kappa shape index (κ1) is 28.3. The first-order valence-corrected chi connectivity index (χ1v) is 16.8. The van der Waals surface area contributed by atoms with Gasteiger partial charge in [0.2, 0.25) is 0 Å². The van der Waals surface area contributed by atoms with Gasteiger partial charge >= 0.3 is 0 Å². The minimum atomic E-state index is 0.687. The molecule has 0 fully saturated rings. The highest BCUT2D eigenvalue weighted by atomic mass is 16.3. The number of hydrogen-bond acceptors (Lipinski definition) is 3. The highest BCUT2D eigenvalue weighted by Crippen LogP contribution is 2.35. The van der Waals surface area contributed by atoms with Gasteiger partial charge < -0.3 is 8.98 Å². The Hall–Kier alpha value is -6.78. The number of fused-ring (bicyclic) bond motifs is 6. The van der Waals surface area contributed by atoms with Gasteiger partial charge in [-0.25, -0.2) is 9.97 Å². The Morgan fingerprint density at radius 2 is 0.880 bits per heavy atom. The van der Waals surface area contributed by atoms with Crippen molar-refractivity contribution >= 4 is 43.7 Å². The van der Waals surface area contributed by atoms with Crippen LogP contribution in [0, 0.1) is 0 Å². The van der Waals surface area contributed by atoms with E-state index in [0.717, 1.165) is 66.8 Å². The van der Waals surface area contributed by atoms with Crippen LogP contribution in [0.3, 0.4) is 0 Å². The summed E-state index contributed by atoms with van der Waals surface area (Å²) >= 11 is 0. The van der Waals surface area contributed by atoms with E-state index >= 15 is 0 Å². The highest BCUT2D eigenvalue weighted by Gasteiger charge is 2.14. The van der Waals surface area contributed by atoms with Gasteiger partial charge in [0.1, 0.15) is 11.2 Å². The normalized spacial score (nSPS) is 11.6. The zero-order valence-electron chi connectivity index (χ0n) is 27.0. The monoisotopic (exact) mass is 639 g/mol. The second-order valence-electron chi connectivity index (χ2n) is 12.6. The molecule has 234 valence electrons. The van der Waals surface area contributed by atoms with Crippen molar-refractivity contribution in [2.24, 2.45) is 0 Å². The molecule has 3 aromatic heterocycles. The van der Waals surface area contributed by atoms with Crippen LogP contribution >= 0.6 is 0 Å². The lowest BCUT2D eigenvalue weighted by Gasteiger charge is -2.12. The summed E-state index contributed by atoms with van der Waals surface area (Å²) in [4.78, 5) is 10.2. The number of rotatable bonds is 5. The third-order valence-electron chi connectivity index (χ3n) is 9.65. The zero-order chi connectivity index (χ0) is 33.0. The molecule has 0 N–H and O–H groups in total. The molecule has 0 radical (unpaired) electrons. The van der Waals surface area contributed by atoms with Gasteiger partial charge in [0, 0.05) is 43.9 Å². The fourth-order valence-electron chi connectivity index (χ4n) is 7.18. The van der Waals surface area contributed by atoms with Gasteiger partial charge in [0.25, 0.3) is 0 Å². The minimum absolute atomic E-state index is 0.687. The standard InChI is InChI=1S/C46H29N3O/c1-2-10-31(11-3-1)40-29-41(32-22-25-35(26-23-32)49-42-15-7-4-12-36(42)37-13-5-8-16-43(37)49)48-46(47-40)33-20-18-30(19-21-33)34-24-27-39-38-14-6-9-17-44(38)50-45(39)28-34/h1-29H. The molecule has 0 aliphatic carbocycles. The zero-order valence-corrected chi connectivity index (χ0v) is 27.0. The fourth-order valence-corrected chi connectivity index (χ4v) is 7.18. The summed E-state index contributed by atoms with van der Waals surface area (Å²) in [5.41, 5.74) is 12.3. The maximum absolute atomic E-state index is 6.16. The summed E-state index contributed by atoms with van der Waals surface area (Å²) in [6.07, 6.45) is 0. The van der Waals surface area contributed by atoms with Gasteiger partial charge in [-0.15, -0.1) is 0 Å². The highest BCUT2D eigenvalue weighted by molar-refractivity contribution is 6.09. The number of nitrogens with zero attached hydrogens (tertiary/aromatic N) is 3. The molecule has 0 aliphatic heterocycles. The summed E-state index contributed by atoms with van der Waals surface area (Å²) in [5, 5.41) is 4.77. The quantitative estimate of drug-likeness (QED) is 0.188. The van der Waals surface area contributed by atoms with Crippen molar-refractivity contribution in [1.82, 2.24) is 14.5 Å². The molecule has 50 heavy (non-hydrogen) atoms. The van der Waals surface area contributed by atoms with E-state index in [2.05, 4.69) is 144 Å². The molecule has 0 saturated carbocycles. The van der Waals surface area contributed by atoms with Crippen LogP contribution in [-0.4, -0.2) is 14.5 Å². The third kappa shape index (κ3) is 4.69.